The number of nitrogens with one attached hydrogen (secondary N) is 2. The third-order valence-electron chi connectivity index (χ3n) is 2.90. The van der Waals surface area contributed by atoms with Crippen molar-refractivity contribution in [2.75, 3.05) is 11.9 Å². The molecular weight excluding hydrogens is 288 g/mol. The summed E-state index contributed by atoms with van der Waals surface area (Å²) in [4.78, 5) is 7.99. The third kappa shape index (κ3) is 3.99. The Labute approximate surface area is 124 Å². The van der Waals surface area contributed by atoms with E-state index in [0.29, 0.717) is 12.5 Å². The molecular formula is C14H18N4O2S. The van der Waals surface area contributed by atoms with E-state index in [4.69, 9.17) is 0 Å². The number of hydrogen-bond acceptors (Lipinski definition) is 5. The quantitative estimate of drug-likeness (QED) is 0.852. The molecule has 7 heteroatoms. The molecule has 6 nitrogen and oxygen atoms in total. The zero-order valence-electron chi connectivity index (χ0n) is 11.9. The Kier molecular flexibility index (Phi) is 4.87. The van der Waals surface area contributed by atoms with Gasteiger partial charge in [-0.05, 0) is 19.4 Å². The molecule has 0 spiro atoms. The van der Waals surface area contributed by atoms with Gasteiger partial charge in [-0.25, -0.2) is 23.1 Å². The van der Waals surface area contributed by atoms with Gasteiger partial charge in [0.15, 0.2) is 0 Å². The zero-order valence-corrected chi connectivity index (χ0v) is 12.8. The predicted molar refractivity (Wildman–Crippen MR) is 81.4 cm³/mol. The molecule has 1 heterocycles. The van der Waals surface area contributed by atoms with E-state index in [1.54, 1.807) is 6.92 Å². The van der Waals surface area contributed by atoms with Crippen LogP contribution in [0.5, 0.6) is 0 Å². The maximum Gasteiger partial charge on any atom is 0.244 e. The summed E-state index contributed by atoms with van der Waals surface area (Å²) in [5.74, 6) is 0.410. The van der Waals surface area contributed by atoms with Crippen molar-refractivity contribution in [3.8, 4) is 0 Å². The number of rotatable bonds is 6. The first-order valence-electron chi connectivity index (χ1n) is 6.66. The summed E-state index contributed by atoms with van der Waals surface area (Å²) in [6.45, 7) is 4.38. The number of benzene rings is 1. The summed E-state index contributed by atoms with van der Waals surface area (Å²) in [7, 11) is -3.64. The molecule has 0 aliphatic carbocycles. The molecule has 21 heavy (non-hydrogen) atoms. The molecule has 1 atom stereocenters. The van der Waals surface area contributed by atoms with E-state index in [1.165, 1.54) is 12.4 Å². The van der Waals surface area contributed by atoms with Crippen LogP contribution in [0.4, 0.5) is 5.95 Å². The van der Waals surface area contributed by atoms with Crippen LogP contribution in [0.25, 0.3) is 0 Å². The van der Waals surface area contributed by atoms with Crippen LogP contribution in [0.1, 0.15) is 25.5 Å². The minimum Gasteiger partial charge on any atom is -0.355 e. The fourth-order valence-electron chi connectivity index (χ4n) is 1.81. The molecule has 1 unspecified atom stereocenters. The zero-order chi connectivity index (χ0) is 15.3. The second-order valence-electron chi connectivity index (χ2n) is 4.53. The molecule has 0 saturated heterocycles. The fraction of sp³-hybridized carbons (Fsp3) is 0.286. The maximum absolute atomic E-state index is 12.3. The van der Waals surface area contributed by atoms with Crippen molar-refractivity contribution in [1.82, 2.24) is 14.7 Å². The largest absolute Gasteiger partial charge is 0.355 e. The first-order valence-corrected chi connectivity index (χ1v) is 8.14. The van der Waals surface area contributed by atoms with Crippen molar-refractivity contribution in [2.45, 2.75) is 24.8 Å². The number of aromatic nitrogens is 2. The van der Waals surface area contributed by atoms with Gasteiger partial charge in [-0.1, -0.05) is 30.3 Å². The van der Waals surface area contributed by atoms with Gasteiger partial charge in [-0.15, -0.1) is 0 Å². The average Bonchev–Trinajstić information content (AvgIpc) is 2.48. The Morgan fingerprint density at radius 2 is 1.76 bits per heavy atom. The summed E-state index contributed by atoms with van der Waals surface area (Å²) < 4.78 is 27.2. The normalized spacial score (nSPS) is 12.9. The SMILES string of the molecule is CCNc1ncc(S(=O)(=O)NC(C)c2ccccc2)cn1. The molecule has 2 N–H and O–H groups in total. The average molecular weight is 306 g/mol. The van der Waals surface area contributed by atoms with Gasteiger partial charge in [-0.3, -0.25) is 0 Å². The number of hydrogen-bond donors (Lipinski definition) is 2. The summed E-state index contributed by atoms with van der Waals surface area (Å²) in [6, 6.07) is 9.04. The van der Waals surface area contributed by atoms with Crippen molar-refractivity contribution < 1.29 is 8.42 Å². The van der Waals surface area contributed by atoms with Crippen LogP contribution in [-0.4, -0.2) is 24.9 Å². The van der Waals surface area contributed by atoms with Crippen LogP contribution >= 0.6 is 0 Å². The molecule has 0 aliphatic heterocycles. The van der Waals surface area contributed by atoms with E-state index in [-0.39, 0.29) is 10.9 Å². The van der Waals surface area contributed by atoms with Crippen LogP contribution in [-0.2, 0) is 10.0 Å². The second-order valence-corrected chi connectivity index (χ2v) is 6.24. The lowest BCUT2D eigenvalue weighted by atomic mass is 10.1. The highest BCUT2D eigenvalue weighted by molar-refractivity contribution is 7.89. The van der Waals surface area contributed by atoms with Crippen molar-refractivity contribution in [1.29, 1.82) is 0 Å². The Bertz CT molecular complexity index is 672. The molecule has 0 aliphatic rings. The smallest absolute Gasteiger partial charge is 0.244 e. The second kappa shape index (κ2) is 6.64. The lowest BCUT2D eigenvalue weighted by molar-refractivity contribution is 0.566. The molecule has 0 fully saturated rings. The minimum absolute atomic E-state index is 0.0481. The maximum atomic E-state index is 12.3. The number of nitrogens with zero attached hydrogens (tertiary/aromatic N) is 2. The lowest BCUT2D eigenvalue weighted by Gasteiger charge is -2.14. The summed E-state index contributed by atoms with van der Waals surface area (Å²) in [6.07, 6.45) is 2.59. The minimum atomic E-state index is -3.64. The molecule has 112 valence electrons. The van der Waals surface area contributed by atoms with Crippen LogP contribution in [0.15, 0.2) is 47.6 Å². The van der Waals surface area contributed by atoms with Gasteiger partial charge in [0.1, 0.15) is 4.90 Å². The molecule has 0 bridgehead atoms. The van der Waals surface area contributed by atoms with Gasteiger partial charge in [0.25, 0.3) is 0 Å². The van der Waals surface area contributed by atoms with E-state index in [9.17, 15) is 8.42 Å². The molecule has 1 aromatic heterocycles. The van der Waals surface area contributed by atoms with Gasteiger partial charge in [0, 0.05) is 12.6 Å². The van der Waals surface area contributed by atoms with Crippen molar-refractivity contribution >= 4 is 16.0 Å². The van der Waals surface area contributed by atoms with Crippen LogP contribution < -0.4 is 10.0 Å². The molecule has 0 amide bonds. The van der Waals surface area contributed by atoms with Crippen molar-refractivity contribution in [3.63, 3.8) is 0 Å². The third-order valence-corrected chi connectivity index (χ3v) is 4.40. The Balaban J connectivity index is 2.14. The van der Waals surface area contributed by atoms with E-state index in [2.05, 4.69) is 20.0 Å². The molecule has 0 saturated carbocycles. The standard InChI is InChI=1S/C14H18N4O2S/c1-3-15-14-16-9-13(10-17-14)21(19,20)18-11(2)12-7-5-4-6-8-12/h4-11,18H,3H2,1-2H3,(H,15,16,17). The number of anilines is 1. The van der Waals surface area contributed by atoms with Gasteiger partial charge in [0.05, 0.1) is 12.4 Å². The molecule has 2 rings (SSSR count). The lowest BCUT2D eigenvalue weighted by Crippen LogP contribution is -2.27. The van der Waals surface area contributed by atoms with E-state index in [0.717, 1.165) is 5.56 Å². The molecule has 1 aromatic carbocycles. The highest BCUT2D eigenvalue weighted by Crippen LogP contribution is 2.16. The van der Waals surface area contributed by atoms with Gasteiger partial charge in [-0.2, -0.15) is 0 Å². The topological polar surface area (TPSA) is 84.0 Å². The summed E-state index contributed by atoms with van der Waals surface area (Å²) in [5.41, 5.74) is 0.895. The first-order chi connectivity index (χ1) is 10.0. The fourth-order valence-corrected chi connectivity index (χ4v) is 2.94. The number of sulfonamides is 1. The summed E-state index contributed by atoms with van der Waals surface area (Å²) in [5, 5.41) is 2.92. The van der Waals surface area contributed by atoms with Gasteiger partial charge in [0.2, 0.25) is 16.0 Å². The Morgan fingerprint density at radius 1 is 1.14 bits per heavy atom. The molecule has 0 radical (unpaired) electrons. The van der Waals surface area contributed by atoms with Crippen molar-refractivity contribution in [3.05, 3.63) is 48.3 Å². The van der Waals surface area contributed by atoms with Gasteiger partial charge >= 0.3 is 0 Å². The molecule has 2 aromatic rings. The van der Waals surface area contributed by atoms with Crippen LogP contribution in [0.2, 0.25) is 0 Å². The Morgan fingerprint density at radius 3 is 2.33 bits per heavy atom. The van der Waals surface area contributed by atoms with Gasteiger partial charge < -0.3 is 5.32 Å². The highest BCUT2D eigenvalue weighted by Gasteiger charge is 2.19. The highest BCUT2D eigenvalue weighted by atomic mass is 32.2. The monoisotopic (exact) mass is 306 g/mol. The summed E-state index contributed by atoms with van der Waals surface area (Å²) >= 11 is 0. The van der Waals surface area contributed by atoms with Crippen LogP contribution in [0.3, 0.4) is 0 Å². The van der Waals surface area contributed by atoms with E-state index in [1.807, 2.05) is 37.3 Å². The first kappa shape index (κ1) is 15.4. The van der Waals surface area contributed by atoms with Crippen molar-refractivity contribution in [2.24, 2.45) is 0 Å². The van der Waals surface area contributed by atoms with Crippen LogP contribution in [0, 0.1) is 0 Å². The van der Waals surface area contributed by atoms with E-state index < -0.39 is 10.0 Å². The van der Waals surface area contributed by atoms with E-state index >= 15 is 0 Å². The Hall–Kier alpha value is -1.99. The predicted octanol–water partition coefficient (Wildman–Crippen LogP) is 1.95.